The Morgan fingerprint density at radius 2 is 2.00 bits per heavy atom. The van der Waals surface area contributed by atoms with Gasteiger partial charge >= 0.3 is 0 Å². The molecule has 0 radical (unpaired) electrons. The highest BCUT2D eigenvalue weighted by Gasteiger charge is 2.09. The predicted octanol–water partition coefficient (Wildman–Crippen LogP) is 2.94. The van der Waals surface area contributed by atoms with Crippen LogP contribution in [0.3, 0.4) is 0 Å². The first-order valence-electron chi connectivity index (χ1n) is 6.29. The number of hydrogen-bond acceptors (Lipinski definition) is 2. The van der Waals surface area contributed by atoms with Gasteiger partial charge in [-0.15, -0.1) is 0 Å². The normalized spacial score (nSPS) is 10.3. The molecule has 0 spiro atoms. The Balaban J connectivity index is 2.33. The van der Waals surface area contributed by atoms with Crippen molar-refractivity contribution in [2.45, 2.75) is 26.7 Å². The molecule has 0 fully saturated rings. The molecule has 0 atom stereocenters. The second-order valence-electron chi connectivity index (χ2n) is 4.77. The third kappa shape index (κ3) is 6.96. The van der Waals surface area contributed by atoms with Crippen LogP contribution < -0.4 is 10.6 Å². The molecule has 0 unspecified atom stereocenters. The lowest BCUT2D eigenvalue weighted by atomic mass is 10.1. The Morgan fingerprint density at radius 3 is 2.63 bits per heavy atom. The molecule has 2 N–H and O–H groups in total. The van der Waals surface area contributed by atoms with Crippen molar-refractivity contribution in [3.8, 4) is 0 Å². The summed E-state index contributed by atoms with van der Waals surface area (Å²) in [7, 11) is 0. The van der Waals surface area contributed by atoms with Gasteiger partial charge < -0.3 is 10.6 Å². The average Bonchev–Trinajstić information content (AvgIpc) is 2.27. The molecule has 5 heteroatoms. The lowest BCUT2D eigenvalue weighted by molar-refractivity contribution is -0.126. The molecule has 0 aromatic heterocycles. The van der Waals surface area contributed by atoms with E-state index in [9.17, 15) is 9.59 Å². The van der Waals surface area contributed by atoms with Gasteiger partial charge in [-0.1, -0.05) is 35.8 Å². The van der Waals surface area contributed by atoms with E-state index in [2.05, 4.69) is 40.4 Å². The van der Waals surface area contributed by atoms with E-state index in [-0.39, 0.29) is 18.2 Å². The van der Waals surface area contributed by atoms with Crippen molar-refractivity contribution >= 4 is 33.4 Å². The van der Waals surface area contributed by atoms with Crippen LogP contribution in [0.2, 0.25) is 0 Å². The molecule has 0 saturated heterocycles. The third-order valence-corrected chi connectivity index (χ3v) is 2.97. The summed E-state index contributed by atoms with van der Waals surface area (Å²) < 4.78 is 0.881. The van der Waals surface area contributed by atoms with Gasteiger partial charge in [0.15, 0.2) is 0 Å². The highest BCUT2D eigenvalue weighted by molar-refractivity contribution is 9.10. The molecule has 0 aliphatic heterocycles. The van der Waals surface area contributed by atoms with Crippen LogP contribution in [0.1, 0.15) is 26.7 Å². The molecular formula is C14H19BrN2O2. The fourth-order valence-electron chi connectivity index (χ4n) is 1.48. The number of rotatable bonds is 6. The van der Waals surface area contributed by atoms with E-state index >= 15 is 0 Å². The summed E-state index contributed by atoms with van der Waals surface area (Å²) in [5.74, 6) is -0.0101. The maximum Gasteiger partial charge on any atom is 0.233 e. The number of hydrogen-bond donors (Lipinski definition) is 2. The molecule has 0 saturated carbocycles. The fraction of sp³-hybridized carbons (Fsp3) is 0.429. The molecule has 19 heavy (non-hydrogen) atoms. The summed E-state index contributed by atoms with van der Waals surface area (Å²) in [5.41, 5.74) is 0.675. The van der Waals surface area contributed by atoms with Gasteiger partial charge in [0.1, 0.15) is 6.42 Å². The van der Waals surface area contributed by atoms with Crippen molar-refractivity contribution in [3.63, 3.8) is 0 Å². The molecule has 1 rings (SSSR count). The van der Waals surface area contributed by atoms with Gasteiger partial charge in [0, 0.05) is 16.7 Å². The van der Waals surface area contributed by atoms with Crippen molar-refractivity contribution in [1.82, 2.24) is 5.32 Å². The molecule has 1 aromatic rings. The Morgan fingerprint density at radius 1 is 1.26 bits per heavy atom. The summed E-state index contributed by atoms with van der Waals surface area (Å²) in [5, 5.41) is 5.42. The fourth-order valence-corrected chi connectivity index (χ4v) is 1.88. The molecule has 0 bridgehead atoms. The van der Waals surface area contributed by atoms with Crippen LogP contribution in [-0.4, -0.2) is 18.4 Å². The monoisotopic (exact) mass is 326 g/mol. The number of anilines is 1. The zero-order chi connectivity index (χ0) is 14.3. The maximum atomic E-state index is 11.6. The van der Waals surface area contributed by atoms with Gasteiger partial charge in [0.25, 0.3) is 0 Å². The minimum Gasteiger partial charge on any atom is -0.356 e. The summed E-state index contributed by atoms with van der Waals surface area (Å²) >= 11 is 3.32. The molecular weight excluding hydrogens is 308 g/mol. The highest BCUT2D eigenvalue weighted by Crippen LogP contribution is 2.15. The van der Waals surface area contributed by atoms with Crippen LogP contribution >= 0.6 is 15.9 Å². The molecule has 0 aliphatic carbocycles. The summed E-state index contributed by atoms with van der Waals surface area (Å²) in [6.45, 7) is 4.79. The zero-order valence-corrected chi connectivity index (χ0v) is 12.8. The highest BCUT2D eigenvalue weighted by atomic mass is 79.9. The predicted molar refractivity (Wildman–Crippen MR) is 79.9 cm³/mol. The third-order valence-electron chi connectivity index (χ3n) is 2.47. The van der Waals surface area contributed by atoms with Crippen molar-refractivity contribution < 1.29 is 9.59 Å². The van der Waals surface area contributed by atoms with E-state index in [1.807, 2.05) is 12.1 Å². The molecule has 104 valence electrons. The minimum atomic E-state index is -0.305. The summed E-state index contributed by atoms with van der Waals surface area (Å²) in [4.78, 5) is 23.2. The van der Waals surface area contributed by atoms with Crippen molar-refractivity contribution in [2.24, 2.45) is 5.92 Å². The number of nitrogens with one attached hydrogen (secondary N) is 2. The van der Waals surface area contributed by atoms with Gasteiger partial charge in [-0.2, -0.15) is 0 Å². The first-order chi connectivity index (χ1) is 8.97. The van der Waals surface area contributed by atoms with Crippen LogP contribution in [0.15, 0.2) is 28.7 Å². The standard InChI is InChI=1S/C14H19BrN2O2/c1-10(2)6-7-16-13(18)9-14(19)17-12-5-3-4-11(15)8-12/h3-5,8,10H,6-7,9H2,1-2H3,(H,16,18)(H,17,19). The Kier molecular flexibility index (Phi) is 6.56. The van der Waals surface area contributed by atoms with E-state index in [1.54, 1.807) is 12.1 Å². The number of halogens is 1. The lowest BCUT2D eigenvalue weighted by Gasteiger charge is -2.08. The molecule has 0 aliphatic rings. The van der Waals surface area contributed by atoms with E-state index < -0.39 is 0 Å². The topological polar surface area (TPSA) is 58.2 Å². The smallest absolute Gasteiger partial charge is 0.233 e. The van der Waals surface area contributed by atoms with Crippen molar-refractivity contribution in [3.05, 3.63) is 28.7 Å². The Hall–Kier alpha value is -1.36. The number of carbonyl (C=O) groups excluding carboxylic acids is 2. The van der Waals surface area contributed by atoms with Crippen LogP contribution in [0.25, 0.3) is 0 Å². The Labute approximate surface area is 122 Å². The van der Waals surface area contributed by atoms with E-state index in [4.69, 9.17) is 0 Å². The van der Waals surface area contributed by atoms with Crippen molar-refractivity contribution in [2.75, 3.05) is 11.9 Å². The average molecular weight is 327 g/mol. The van der Waals surface area contributed by atoms with Crippen molar-refractivity contribution in [1.29, 1.82) is 0 Å². The lowest BCUT2D eigenvalue weighted by Crippen LogP contribution is -2.29. The number of benzene rings is 1. The van der Waals surface area contributed by atoms with Gasteiger partial charge in [-0.25, -0.2) is 0 Å². The molecule has 1 aromatic carbocycles. The van der Waals surface area contributed by atoms with Crippen LogP contribution in [0, 0.1) is 5.92 Å². The van der Waals surface area contributed by atoms with Gasteiger partial charge in [0.05, 0.1) is 0 Å². The van der Waals surface area contributed by atoms with Gasteiger partial charge in [-0.3, -0.25) is 9.59 Å². The van der Waals surface area contributed by atoms with Gasteiger partial charge in [-0.05, 0) is 30.5 Å². The minimum absolute atomic E-state index is 0.148. The van der Waals surface area contributed by atoms with E-state index in [0.29, 0.717) is 18.2 Å². The second kappa shape index (κ2) is 7.94. The molecule has 4 nitrogen and oxygen atoms in total. The number of amides is 2. The van der Waals surface area contributed by atoms with Crippen LogP contribution in [0.4, 0.5) is 5.69 Å². The zero-order valence-electron chi connectivity index (χ0n) is 11.2. The molecule has 2 amide bonds. The first kappa shape index (κ1) is 15.7. The van der Waals surface area contributed by atoms with E-state index in [0.717, 1.165) is 10.9 Å². The quantitative estimate of drug-likeness (QED) is 0.789. The van der Waals surface area contributed by atoms with E-state index in [1.165, 1.54) is 0 Å². The van der Waals surface area contributed by atoms with Crippen LogP contribution in [-0.2, 0) is 9.59 Å². The summed E-state index contributed by atoms with van der Waals surface area (Å²) in [6.07, 6.45) is 0.767. The largest absolute Gasteiger partial charge is 0.356 e. The van der Waals surface area contributed by atoms with Gasteiger partial charge in [0.2, 0.25) is 11.8 Å². The first-order valence-corrected chi connectivity index (χ1v) is 7.09. The van der Waals surface area contributed by atoms with Crippen LogP contribution in [0.5, 0.6) is 0 Å². The number of carbonyl (C=O) groups is 2. The Bertz CT molecular complexity index is 447. The molecule has 0 heterocycles. The summed E-state index contributed by atoms with van der Waals surface area (Å²) in [6, 6.07) is 7.25. The SMILES string of the molecule is CC(C)CCNC(=O)CC(=O)Nc1cccc(Br)c1. The second-order valence-corrected chi connectivity index (χ2v) is 5.68. The maximum absolute atomic E-state index is 11.6.